The molecular formula is C13H25F3N2O. The van der Waals surface area contributed by atoms with Gasteiger partial charge in [-0.2, -0.15) is 13.2 Å². The van der Waals surface area contributed by atoms with Gasteiger partial charge in [0.15, 0.2) is 0 Å². The smallest absolute Gasteiger partial charge is 0.372 e. The SMILES string of the molecule is CCC1CN(CCCOCC(F)(F)F)CCC1NC. The van der Waals surface area contributed by atoms with E-state index >= 15 is 0 Å². The van der Waals surface area contributed by atoms with Crippen LogP contribution in [0.4, 0.5) is 13.2 Å². The summed E-state index contributed by atoms with van der Waals surface area (Å²) in [5, 5.41) is 3.34. The number of alkyl halides is 3. The molecule has 1 heterocycles. The van der Waals surface area contributed by atoms with Crippen molar-refractivity contribution in [3.8, 4) is 0 Å². The molecule has 0 amide bonds. The number of halogens is 3. The van der Waals surface area contributed by atoms with E-state index < -0.39 is 12.8 Å². The van der Waals surface area contributed by atoms with E-state index in [2.05, 4.69) is 21.9 Å². The molecule has 0 spiro atoms. The quantitative estimate of drug-likeness (QED) is 0.725. The van der Waals surface area contributed by atoms with Crippen LogP contribution in [-0.4, -0.2) is 57.0 Å². The third-order valence-electron chi connectivity index (χ3n) is 3.74. The lowest BCUT2D eigenvalue weighted by Crippen LogP contribution is -2.48. The van der Waals surface area contributed by atoms with Crippen molar-refractivity contribution in [3.63, 3.8) is 0 Å². The lowest BCUT2D eigenvalue weighted by atomic mass is 9.90. The first-order chi connectivity index (χ1) is 8.96. The minimum absolute atomic E-state index is 0.183. The number of piperidine rings is 1. The summed E-state index contributed by atoms with van der Waals surface area (Å²) in [4.78, 5) is 2.33. The molecule has 6 heteroatoms. The van der Waals surface area contributed by atoms with Gasteiger partial charge < -0.3 is 15.0 Å². The van der Waals surface area contributed by atoms with E-state index in [-0.39, 0.29) is 6.61 Å². The van der Waals surface area contributed by atoms with Crippen LogP contribution in [0.3, 0.4) is 0 Å². The summed E-state index contributed by atoms with van der Waals surface area (Å²) in [7, 11) is 1.99. The largest absolute Gasteiger partial charge is 0.411 e. The van der Waals surface area contributed by atoms with Crippen LogP contribution in [0.15, 0.2) is 0 Å². The molecular weight excluding hydrogens is 257 g/mol. The molecule has 0 bridgehead atoms. The zero-order valence-electron chi connectivity index (χ0n) is 11.8. The van der Waals surface area contributed by atoms with Gasteiger partial charge in [-0.05, 0) is 32.4 Å². The summed E-state index contributed by atoms with van der Waals surface area (Å²) < 4.78 is 40.2. The lowest BCUT2D eigenvalue weighted by Gasteiger charge is -2.38. The van der Waals surface area contributed by atoms with Crippen LogP contribution in [0.5, 0.6) is 0 Å². The predicted molar refractivity (Wildman–Crippen MR) is 69.2 cm³/mol. The first-order valence-electron chi connectivity index (χ1n) is 7.00. The van der Waals surface area contributed by atoms with Gasteiger partial charge in [-0.15, -0.1) is 0 Å². The maximum Gasteiger partial charge on any atom is 0.411 e. The average molecular weight is 282 g/mol. The molecule has 0 aliphatic carbocycles. The van der Waals surface area contributed by atoms with Crippen LogP contribution >= 0.6 is 0 Å². The van der Waals surface area contributed by atoms with Crippen molar-refractivity contribution in [2.24, 2.45) is 5.92 Å². The molecule has 3 nitrogen and oxygen atoms in total. The Morgan fingerprint density at radius 2 is 2.11 bits per heavy atom. The van der Waals surface area contributed by atoms with Crippen molar-refractivity contribution in [1.82, 2.24) is 10.2 Å². The van der Waals surface area contributed by atoms with Crippen molar-refractivity contribution in [2.45, 2.75) is 38.4 Å². The first kappa shape index (κ1) is 16.7. The van der Waals surface area contributed by atoms with E-state index in [0.29, 0.717) is 18.4 Å². The van der Waals surface area contributed by atoms with E-state index in [1.807, 2.05) is 7.05 Å². The molecule has 1 fully saturated rings. The highest BCUT2D eigenvalue weighted by Gasteiger charge is 2.28. The highest BCUT2D eigenvalue weighted by molar-refractivity contribution is 4.83. The maximum atomic E-state index is 11.9. The van der Waals surface area contributed by atoms with Crippen molar-refractivity contribution in [2.75, 3.05) is 39.9 Å². The van der Waals surface area contributed by atoms with E-state index in [1.54, 1.807) is 0 Å². The number of likely N-dealkylation sites (tertiary alicyclic amines) is 1. The Labute approximate surface area is 113 Å². The van der Waals surface area contributed by atoms with Crippen LogP contribution in [0, 0.1) is 5.92 Å². The molecule has 114 valence electrons. The molecule has 2 atom stereocenters. The Balaban J connectivity index is 2.13. The average Bonchev–Trinajstić information content (AvgIpc) is 2.36. The van der Waals surface area contributed by atoms with E-state index in [4.69, 9.17) is 0 Å². The van der Waals surface area contributed by atoms with E-state index in [0.717, 1.165) is 32.5 Å². The van der Waals surface area contributed by atoms with Gasteiger partial charge in [-0.25, -0.2) is 0 Å². The summed E-state index contributed by atoms with van der Waals surface area (Å²) in [6.45, 7) is 4.10. The Bertz CT molecular complexity index is 249. The number of hydrogen-bond donors (Lipinski definition) is 1. The number of nitrogens with one attached hydrogen (secondary N) is 1. The third kappa shape index (κ3) is 6.58. The second-order valence-corrected chi connectivity index (χ2v) is 5.17. The van der Waals surface area contributed by atoms with Crippen molar-refractivity contribution < 1.29 is 17.9 Å². The lowest BCUT2D eigenvalue weighted by molar-refractivity contribution is -0.174. The molecule has 1 rings (SSSR count). The van der Waals surface area contributed by atoms with Crippen LogP contribution in [0.1, 0.15) is 26.2 Å². The van der Waals surface area contributed by atoms with Gasteiger partial charge in [-0.3, -0.25) is 0 Å². The number of ether oxygens (including phenoxy) is 1. The molecule has 1 N–H and O–H groups in total. The normalized spacial score (nSPS) is 25.7. The molecule has 1 saturated heterocycles. The van der Waals surface area contributed by atoms with Gasteiger partial charge in [0, 0.05) is 25.7 Å². The minimum atomic E-state index is -4.21. The van der Waals surface area contributed by atoms with Gasteiger partial charge >= 0.3 is 6.18 Å². The fraction of sp³-hybridized carbons (Fsp3) is 1.00. The molecule has 0 aromatic rings. The monoisotopic (exact) mass is 282 g/mol. The molecule has 0 aromatic carbocycles. The molecule has 1 aliphatic rings. The molecule has 1 aliphatic heterocycles. The van der Waals surface area contributed by atoms with Crippen molar-refractivity contribution >= 4 is 0 Å². The molecule has 0 radical (unpaired) electrons. The predicted octanol–water partition coefficient (Wildman–Crippen LogP) is 2.28. The topological polar surface area (TPSA) is 24.5 Å². The van der Waals surface area contributed by atoms with E-state index in [9.17, 15) is 13.2 Å². The number of nitrogens with zero attached hydrogens (tertiary/aromatic N) is 1. The maximum absolute atomic E-state index is 11.9. The first-order valence-corrected chi connectivity index (χ1v) is 7.00. The molecule has 0 aromatic heterocycles. The summed E-state index contributed by atoms with van der Waals surface area (Å²) in [6.07, 6.45) is -1.31. The van der Waals surface area contributed by atoms with Gasteiger partial charge in [0.25, 0.3) is 0 Å². The van der Waals surface area contributed by atoms with Crippen LogP contribution in [0.2, 0.25) is 0 Å². The summed E-state index contributed by atoms with van der Waals surface area (Å²) in [6, 6.07) is 0.572. The third-order valence-corrected chi connectivity index (χ3v) is 3.74. The summed E-state index contributed by atoms with van der Waals surface area (Å²) in [5.74, 6) is 0.634. The van der Waals surface area contributed by atoms with Crippen LogP contribution in [0.25, 0.3) is 0 Å². The van der Waals surface area contributed by atoms with Gasteiger partial charge in [-0.1, -0.05) is 13.3 Å². The number of rotatable bonds is 7. The van der Waals surface area contributed by atoms with Gasteiger partial charge in [0.05, 0.1) is 0 Å². The molecule has 2 unspecified atom stereocenters. The minimum Gasteiger partial charge on any atom is -0.372 e. The van der Waals surface area contributed by atoms with Crippen LogP contribution in [-0.2, 0) is 4.74 Å². The fourth-order valence-electron chi connectivity index (χ4n) is 2.68. The van der Waals surface area contributed by atoms with Crippen molar-refractivity contribution in [3.05, 3.63) is 0 Å². The van der Waals surface area contributed by atoms with Crippen LogP contribution < -0.4 is 5.32 Å². The highest BCUT2D eigenvalue weighted by Crippen LogP contribution is 2.20. The zero-order chi connectivity index (χ0) is 14.3. The Morgan fingerprint density at radius 1 is 1.37 bits per heavy atom. The fourth-order valence-corrected chi connectivity index (χ4v) is 2.68. The summed E-state index contributed by atoms with van der Waals surface area (Å²) >= 11 is 0. The Hall–Kier alpha value is -0.330. The highest BCUT2D eigenvalue weighted by atomic mass is 19.4. The molecule has 0 saturated carbocycles. The van der Waals surface area contributed by atoms with Gasteiger partial charge in [0.1, 0.15) is 6.61 Å². The summed E-state index contributed by atoms with van der Waals surface area (Å²) in [5.41, 5.74) is 0. The Kier molecular flexibility index (Phi) is 7.10. The second kappa shape index (κ2) is 8.07. The standard InChI is InChI=1S/C13H25F3N2O/c1-3-11-9-18(7-5-12(11)17-2)6-4-8-19-10-13(14,15)16/h11-12,17H,3-10H2,1-2H3. The van der Waals surface area contributed by atoms with Crippen molar-refractivity contribution in [1.29, 1.82) is 0 Å². The molecule has 19 heavy (non-hydrogen) atoms. The zero-order valence-corrected chi connectivity index (χ0v) is 11.8. The Morgan fingerprint density at radius 3 is 2.68 bits per heavy atom. The number of hydrogen-bond acceptors (Lipinski definition) is 3. The second-order valence-electron chi connectivity index (χ2n) is 5.17. The van der Waals surface area contributed by atoms with Gasteiger partial charge in [0.2, 0.25) is 0 Å². The van der Waals surface area contributed by atoms with E-state index in [1.165, 1.54) is 0 Å².